The second kappa shape index (κ2) is 14.2. The Morgan fingerprint density at radius 1 is 0.607 bits per heavy atom. The third-order valence-corrected chi connectivity index (χ3v) is 4.78. The van der Waals surface area contributed by atoms with Gasteiger partial charge in [0, 0.05) is 25.5 Å². The van der Waals surface area contributed by atoms with Crippen molar-refractivity contribution in [2.75, 3.05) is 39.3 Å². The molecule has 0 saturated heterocycles. The highest BCUT2D eigenvalue weighted by molar-refractivity contribution is 5.04. The van der Waals surface area contributed by atoms with E-state index in [1.165, 1.54) is 12.8 Å². The monoisotopic (exact) mass is 384 g/mol. The maximum Gasteiger partial charge on any atom is 0.0543 e. The van der Waals surface area contributed by atoms with E-state index in [1.54, 1.807) is 0 Å². The maximum atomic E-state index is 5.72. The number of pyridine rings is 2. The first-order valence-electron chi connectivity index (χ1n) is 10.5. The van der Waals surface area contributed by atoms with Crippen LogP contribution < -0.4 is 11.5 Å². The van der Waals surface area contributed by atoms with E-state index in [4.69, 9.17) is 11.5 Å². The number of unbranched alkanes of at least 4 members (excludes halogenated alkanes) is 1. The van der Waals surface area contributed by atoms with Crippen molar-refractivity contribution in [2.24, 2.45) is 11.5 Å². The van der Waals surface area contributed by atoms with Crippen LogP contribution in [0.4, 0.5) is 0 Å². The number of nitrogens with two attached hydrogens (primary N) is 2. The van der Waals surface area contributed by atoms with Crippen LogP contribution in [0.2, 0.25) is 0 Å². The van der Waals surface area contributed by atoms with Crippen LogP contribution in [0.1, 0.15) is 37.1 Å². The molecule has 6 nitrogen and oxygen atoms in total. The molecule has 2 heterocycles. The van der Waals surface area contributed by atoms with Gasteiger partial charge in [0.05, 0.1) is 11.4 Å². The molecule has 2 rings (SSSR count). The van der Waals surface area contributed by atoms with Gasteiger partial charge in [-0.3, -0.25) is 19.8 Å². The van der Waals surface area contributed by atoms with Crippen LogP contribution in [0, 0.1) is 0 Å². The first-order chi connectivity index (χ1) is 13.8. The van der Waals surface area contributed by atoms with Gasteiger partial charge in [-0.25, -0.2) is 0 Å². The number of nitrogens with zero attached hydrogens (tertiary/aromatic N) is 4. The molecule has 0 unspecified atom stereocenters. The number of aromatic nitrogens is 2. The zero-order chi connectivity index (χ0) is 19.9. The lowest BCUT2D eigenvalue weighted by atomic mass is 10.2. The van der Waals surface area contributed by atoms with Crippen LogP contribution in [0.25, 0.3) is 0 Å². The zero-order valence-corrected chi connectivity index (χ0v) is 17.0. The van der Waals surface area contributed by atoms with Crippen LogP contribution in [-0.2, 0) is 13.1 Å². The van der Waals surface area contributed by atoms with Gasteiger partial charge >= 0.3 is 0 Å². The highest BCUT2D eigenvalue weighted by Gasteiger charge is 2.09. The minimum atomic E-state index is 0.732. The first kappa shape index (κ1) is 22.4. The highest BCUT2D eigenvalue weighted by Crippen LogP contribution is 2.07. The third-order valence-electron chi connectivity index (χ3n) is 4.78. The van der Waals surface area contributed by atoms with Crippen LogP contribution in [0.15, 0.2) is 48.8 Å². The Kier molecular flexibility index (Phi) is 11.4. The Morgan fingerprint density at radius 3 is 1.39 bits per heavy atom. The van der Waals surface area contributed by atoms with Crippen molar-refractivity contribution in [3.8, 4) is 0 Å². The Labute approximate surface area is 170 Å². The van der Waals surface area contributed by atoms with Crippen molar-refractivity contribution in [2.45, 2.75) is 38.8 Å². The molecule has 0 saturated carbocycles. The number of hydrogen-bond donors (Lipinski definition) is 2. The molecular formula is C22H36N6. The summed E-state index contributed by atoms with van der Waals surface area (Å²) >= 11 is 0. The predicted molar refractivity (Wildman–Crippen MR) is 116 cm³/mol. The molecule has 2 aromatic heterocycles. The predicted octanol–water partition coefficient (Wildman–Crippen LogP) is 2.26. The molecule has 0 bridgehead atoms. The van der Waals surface area contributed by atoms with Crippen molar-refractivity contribution in [3.05, 3.63) is 60.2 Å². The van der Waals surface area contributed by atoms with E-state index in [2.05, 4.69) is 44.0 Å². The van der Waals surface area contributed by atoms with E-state index in [0.717, 1.165) is 76.6 Å². The van der Waals surface area contributed by atoms with Gasteiger partial charge in [0.15, 0.2) is 0 Å². The lowest BCUT2D eigenvalue weighted by molar-refractivity contribution is 0.228. The van der Waals surface area contributed by atoms with Gasteiger partial charge in [0.25, 0.3) is 0 Å². The lowest BCUT2D eigenvalue weighted by Crippen LogP contribution is -2.30. The fraction of sp³-hybridized carbons (Fsp3) is 0.545. The van der Waals surface area contributed by atoms with Crippen molar-refractivity contribution in [1.29, 1.82) is 0 Å². The molecule has 28 heavy (non-hydrogen) atoms. The summed E-state index contributed by atoms with van der Waals surface area (Å²) in [7, 11) is 0. The van der Waals surface area contributed by atoms with Gasteiger partial charge in [-0.05, 0) is 89.2 Å². The van der Waals surface area contributed by atoms with E-state index in [9.17, 15) is 0 Å². The summed E-state index contributed by atoms with van der Waals surface area (Å²) in [6.45, 7) is 7.45. The van der Waals surface area contributed by atoms with Crippen LogP contribution >= 0.6 is 0 Å². The SMILES string of the molecule is NCCCN(CCCCN(CCCN)Cc1ccccn1)Cc1ccccn1. The smallest absolute Gasteiger partial charge is 0.0543 e. The van der Waals surface area contributed by atoms with Gasteiger partial charge in [-0.15, -0.1) is 0 Å². The minimum Gasteiger partial charge on any atom is -0.330 e. The van der Waals surface area contributed by atoms with E-state index in [1.807, 2.05) is 24.5 Å². The summed E-state index contributed by atoms with van der Waals surface area (Å²) in [5, 5.41) is 0. The van der Waals surface area contributed by atoms with Gasteiger partial charge in [-0.1, -0.05) is 12.1 Å². The standard InChI is InChI=1S/C22H36N6/c23-11-7-17-27(19-21-9-1-3-13-25-21)15-5-6-16-28(18-8-12-24)20-22-10-2-4-14-26-22/h1-4,9-10,13-14H,5-8,11-12,15-20,23-24H2. The molecule has 0 spiro atoms. The van der Waals surface area contributed by atoms with Crippen molar-refractivity contribution in [3.63, 3.8) is 0 Å². The molecule has 0 fully saturated rings. The summed E-state index contributed by atoms with van der Waals surface area (Å²) in [4.78, 5) is 13.9. The molecule has 154 valence electrons. The average Bonchev–Trinajstić information content (AvgIpc) is 2.74. The molecule has 0 aliphatic rings. The fourth-order valence-corrected chi connectivity index (χ4v) is 3.28. The summed E-state index contributed by atoms with van der Waals surface area (Å²) in [5.74, 6) is 0. The molecule has 0 aliphatic heterocycles. The van der Waals surface area contributed by atoms with E-state index < -0.39 is 0 Å². The largest absolute Gasteiger partial charge is 0.330 e. The summed E-state index contributed by atoms with van der Waals surface area (Å²) in [5.41, 5.74) is 13.7. The molecule has 0 radical (unpaired) electrons. The number of hydrogen-bond acceptors (Lipinski definition) is 6. The van der Waals surface area contributed by atoms with Crippen LogP contribution in [0.3, 0.4) is 0 Å². The molecule has 4 N–H and O–H groups in total. The van der Waals surface area contributed by atoms with Crippen molar-refractivity contribution in [1.82, 2.24) is 19.8 Å². The molecular weight excluding hydrogens is 348 g/mol. The van der Waals surface area contributed by atoms with Gasteiger partial charge in [-0.2, -0.15) is 0 Å². The molecule has 2 aromatic rings. The Morgan fingerprint density at radius 2 is 1.04 bits per heavy atom. The second-order valence-corrected chi connectivity index (χ2v) is 7.19. The Hall–Kier alpha value is -1.86. The molecule has 6 heteroatoms. The Balaban J connectivity index is 1.77. The van der Waals surface area contributed by atoms with E-state index >= 15 is 0 Å². The average molecular weight is 385 g/mol. The van der Waals surface area contributed by atoms with Crippen LogP contribution in [0.5, 0.6) is 0 Å². The van der Waals surface area contributed by atoms with Crippen molar-refractivity contribution >= 4 is 0 Å². The number of rotatable bonds is 15. The zero-order valence-electron chi connectivity index (χ0n) is 17.0. The van der Waals surface area contributed by atoms with Crippen LogP contribution in [-0.4, -0.2) is 59.0 Å². The molecule has 0 amide bonds. The van der Waals surface area contributed by atoms with E-state index in [0.29, 0.717) is 0 Å². The topological polar surface area (TPSA) is 84.3 Å². The fourth-order valence-electron chi connectivity index (χ4n) is 3.28. The van der Waals surface area contributed by atoms with Gasteiger partial charge in [0.1, 0.15) is 0 Å². The first-order valence-corrected chi connectivity index (χ1v) is 10.5. The van der Waals surface area contributed by atoms with Crippen molar-refractivity contribution < 1.29 is 0 Å². The molecule has 0 atom stereocenters. The second-order valence-electron chi connectivity index (χ2n) is 7.19. The quantitative estimate of drug-likeness (QED) is 0.458. The van der Waals surface area contributed by atoms with Gasteiger partial charge in [0.2, 0.25) is 0 Å². The molecule has 0 aliphatic carbocycles. The summed E-state index contributed by atoms with van der Waals surface area (Å²) in [6, 6.07) is 12.2. The maximum absolute atomic E-state index is 5.72. The Bertz CT molecular complexity index is 551. The summed E-state index contributed by atoms with van der Waals surface area (Å²) < 4.78 is 0. The van der Waals surface area contributed by atoms with E-state index in [-0.39, 0.29) is 0 Å². The lowest BCUT2D eigenvalue weighted by Gasteiger charge is -2.24. The summed E-state index contributed by atoms with van der Waals surface area (Å²) in [6.07, 6.45) is 8.11. The van der Waals surface area contributed by atoms with Gasteiger partial charge < -0.3 is 11.5 Å². The highest BCUT2D eigenvalue weighted by atomic mass is 15.1. The third kappa shape index (κ3) is 9.37. The normalized spacial score (nSPS) is 11.4. The minimum absolute atomic E-state index is 0.732. The molecule has 0 aromatic carbocycles.